The summed E-state index contributed by atoms with van der Waals surface area (Å²) in [6.45, 7) is 9.93. The number of anilines is 1. The molecule has 0 bridgehead atoms. The minimum absolute atomic E-state index is 0.764. The van der Waals surface area contributed by atoms with Gasteiger partial charge in [-0.1, -0.05) is 6.42 Å². The molecule has 110 valence electrons. The highest BCUT2D eigenvalue weighted by atomic mass is 15.3. The highest BCUT2D eigenvalue weighted by Crippen LogP contribution is 2.24. The fraction of sp³-hybridized carbons (Fsp3) is 0.688. The Labute approximate surface area is 122 Å². The lowest BCUT2D eigenvalue weighted by molar-refractivity contribution is 0.0450. The second kappa shape index (κ2) is 5.70. The number of nitrogen functional groups attached to an aromatic ring is 1. The third kappa shape index (κ3) is 2.67. The van der Waals surface area contributed by atoms with Gasteiger partial charge in [0.15, 0.2) is 0 Å². The van der Waals surface area contributed by atoms with Crippen molar-refractivity contribution in [2.24, 2.45) is 0 Å². The molecule has 0 aromatic carbocycles. The van der Waals surface area contributed by atoms with Crippen LogP contribution in [-0.2, 0) is 6.54 Å². The summed E-state index contributed by atoms with van der Waals surface area (Å²) in [4.78, 5) is 9.82. The number of aryl methyl sites for hydroxylation is 1. The van der Waals surface area contributed by atoms with E-state index in [9.17, 15) is 0 Å². The molecule has 1 atom stereocenters. The van der Waals surface area contributed by atoms with E-state index in [1.807, 2.05) is 13.1 Å². The molecule has 20 heavy (non-hydrogen) atoms. The van der Waals surface area contributed by atoms with Gasteiger partial charge in [-0.25, -0.2) is 0 Å². The van der Waals surface area contributed by atoms with E-state index in [0.717, 1.165) is 41.6 Å². The molecule has 2 N–H and O–H groups in total. The lowest BCUT2D eigenvalue weighted by atomic mass is 9.99. The molecule has 2 aliphatic heterocycles. The fourth-order valence-electron chi connectivity index (χ4n) is 3.53. The van der Waals surface area contributed by atoms with Gasteiger partial charge in [-0.2, -0.15) is 0 Å². The number of aromatic nitrogens is 1. The zero-order valence-corrected chi connectivity index (χ0v) is 12.7. The first-order chi connectivity index (χ1) is 9.65. The second-order valence-corrected chi connectivity index (χ2v) is 6.35. The molecule has 4 heteroatoms. The van der Waals surface area contributed by atoms with Crippen molar-refractivity contribution in [2.75, 3.05) is 31.9 Å². The standard InChI is InChI=1S/C16H26N4/c1-12-9-18-15(13(2)16(12)17)11-19-7-8-20-6-4-3-5-14(20)10-19/h9,14H,3-8,10-11H2,1-2H3,(H2,17,18). The van der Waals surface area contributed by atoms with E-state index in [2.05, 4.69) is 21.7 Å². The van der Waals surface area contributed by atoms with Crippen LogP contribution in [0, 0.1) is 13.8 Å². The van der Waals surface area contributed by atoms with Crippen LogP contribution in [0.15, 0.2) is 6.20 Å². The summed E-state index contributed by atoms with van der Waals surface area (Å²) in [5.41, 5.74) is 10.4. The summed E-state index contributed by atoms with van der Waals surface area (Å²) in [6.07, 6.45) is 6.04. The van der Waals surface area contributed by atoms with Crippen LogP contribution >= 0.6 is 0 Å². The van der Waals surface area contributed by atoms with Gasteiger partial charge in [0.2, 0.25) is 0 Å². The average Bonchev–Trinajstić information content (AvgIpc) is 2.48. The maximum absolute atomic E-state index is 6.13. The van der Waals surface area contributed by atoms with Crippen molar-refractivity contribution >= 4 is 5.69 Å². The second-order valence-electron chi connectivity index (χ2n) is 6.35. The molecule has 1 aromatic heterocycles. The average molecular weight is 274 g/mol. The third-order valence-electron chi connectivity index (χ3n) is 4.97. The molecule has 2 saturated heterocycles. The summed E-state index contributed by atoms with van der Waals surface area (Å²) in [5, 5.41) is 0. The van der Waals surface area contributed by atoms with Crippen molar-refractivity contribution in [3.63, 3.8) is 0 Å². The monoisotopic (exact) mass is 274 g/mol. The first kappa shape index (κ1) is 13.8. The Balaban J connectivity index is 1.68. The van der Waals surface area contributed by atoms with Crippen LogP contribution in [0.5, 0.6) is 0 Å². The molecule has 0 amide bonds. The molecule has 2 aliphatic rings. The summed E-state index contributed by atoms with van der Waals surface area (Å²) in [7, 11) is 0. The van der Waals surface area contributed by atoms with Crippen molar-refractivity contribution in [1.82, 2.24) is 14.8 Å². The zero-order chi connectivity index (χ0) is 14.1. The van der Waals surface area contributed by atoms with Gasteiger partial charge in [0, 0.05) is 44.1 Å². The number of rotatable bonds is 2. The van der Waals surface area contributed by atoms with Crippen LogP contribution in [0.4, 0.5) is 5.69 Å². The molecule has 2 fully saturated rings. The summed E-state index contributed by atoms with van der Waals surface area (Å²) < 4.78 is 0. The highest BCUT2D eigenvalue weighted by molar-refractivity contribution is 5.53. The molecule has 0 saturated carbocycles. The topological polar surface area (TPSA) is 45.4 Å². The van der Waals surface area contributed by atoms with Crippen molar-refractivity contribution in [1.29, 1.82) is 0 Å². The first-order valence-corrected chi connectivity index (χ1v) is 7.82. The van der Waals surface area contributed by atoms with E-state index in [1.54, 1.807) is 0 Å². The van der Waals surface area contributed by atoms with Gasteiger partial charge in [0.05, 0.1) is 5.69 Å². The van der Waals surface area contributed by atoms with Gasteiger partial charge in [0.1, 0.15) is 0 Å². The number of fused-ring (bicyclic) bond motifs is 1. The molecule has 0 radical (unpaired) electrons. The van der Waals surface area contributed by atoms with Gasteiger partial charge in [-0.15, -0.1) is 0 Å². The van der Waals surface area contributed by atoms with Crippen LogP contribution < -0.4 is 5.73 Å². The Kier molecular flexibility index (Phi) is 3.94. The summed E-state index contributed by atoms with van der Waals surface area (Å²) in [6, 6.07) is 0.764. The minimum Gasteiger partial charge on any atom is -0.398 e. The predicted molar refractivity (Wildman–Crippen MR) is 82.6 cm³/mol. The Morgan fingerprint density at radius 1 is 1.25 bits per heavy atom. The van der Waals surface area contributed by atoms with Crippen molar-refractivity contribution in [3.8, 4) is 0 Å². The Morgan fingerprint density at radius 3 is 2.95 bits per heavy atom. The quantitative estimate of drug-likeness (QED) is 0.895. The number of nitrogens with two attached hydrogens (primary N) is 1. The maximum Gasteiger partial charge on any atom is 0.0593 e. The molecule has 1 aromatic rings. The molecular formula is C16H26N4. The van der Waals surface area contributed by atoms with E-state index >= 15 is 0 Å². The number of piperidine rings is 1. The van der Waals surface area contributed by atoms with E-state index in [1.165, 1.54) is 38.9 Å². The van der Waals surface area contributed by atoms with Gasteiger partial charge in [0.25, 0.3) is 0 Å². The molecule has 0 aliphatic carbocycles. The van der Waals surface area contributed by atoms with E-state index in [4.69, 9.17) is 5.73 Å². The van der Waals surface area contributed by atoms with Gasteiger partial charge < -0.3 is 5.73 Å². The summed E-state index contributed by atoms with van der Waals surface area (Å²) in [5.74, 6) is 0. The Bertz CT molecular complexity index is 486. The number of nitrogens with zero attached hydrogens (tertiary/aromatic N) is 3. The van der Waals surface area contributed by atoms with Crippen LogP contribution in [-0.4, -0.2) is 47.0 Å². The Hall–Kier alpha value is -1.13. The largest absolute Gasteiger partial charge is 0.398 e. The van der Waals surface area contributed by atoms with Gasteiger partial charge in [-0.3, -0.25) is 14.8 Å². The number of piperazine rings is 1. The van der Waals surface area contributed by atoms with Crippen LogP contribution in [0.1, 0.15) is 36.1 Å². The SMILES string of the molecule is Cc1cnc(CN2CCN3CCCCC3C2)c(C)c1N. The fourth-order valence-corrected chi connectivity index (χ4v) is 3.53. The number of pyridine rings is 1. The number of hydrogen-bond acceptors (Lipinski definition) is 4. The molecular weight excluding hydrogens is 248 g/mol. The molecule has 1 unspecified atom stereocenters. The normalized spacial score (nSPS) is 24.6. The molecule has 3 rings (SSSR count). The van der Waals surface area contributed by atoms with Gasteiger partial charge in [-0.05, 0) is 44.4 Å². The highest BCUT2D eigenvalue weighted by Gasteiger charge is 2.29. The smallest absolute Gasteiger partial charge is 0.0593 e. The number of hydrogen-bond donors (Lipinski definition) is 1. The van der Waals surface area contributed by atoms with Crippen LogP contribution in [0.2, 0.25) is 0 Å². The third-order valence-corrected chi connectivity index (χ3v) is 4.97. The minimum atomic E-state index is 0.764. The van der Waals surface area contributed by atoms with E-state index in [-0.39, 0.29) is 0 Å². The summed E-state index contributed by atoms with van der Waals surface area (Å²) >= 11 is 0. The van der Waals surface area contributed by atoms with Gasteiger partial charge >= 0.3 is 0 Å². The van der Waals surface area contributed by atoms with E-state index in [0.29, 0.717) is 0 Å². The van der Waals surface area contributed by atoms with E-state index < -0.39 is 0 Å². The maximum atomic E-state index is 6.13. The Morgan fingerprint density at radius 2 is 2.10 bits per heavy atom. The molecule has 0 spiro atoms. The van der Waals surface area contributed by atoms with Crippen molar-refractivity contribution in [3.05, 3.63) is 23.0 Å². The lowest BCUT2D eigenvalue weighted by Crippen LogP contribution is -2.54. The van der Waals surface area contributed by atoms with Crippen molar-refractivity contribution < 1.29 is 0 Å². The van der Waals surface area contributed by atoms with Crippen LogP contribution in [0.25, 0.3) is 0 Å². The predicted octanol–water partition coefficient (Wildman–Crippen LogP) is 1.95. The first-order valence-electron chi connectivity index (χ1n) is 7.82. The van der Waals surface area contributed by atoms with Crippen molar-refractivity contribution in [2.45, 2.75) is 45.7 Å². The lowest BCUT2D eigenvalue weighted by Gasteiger charge is -2.44. The van der Waals surface area contributed by atoms with Crippen LogP contribution in [0.3, 0.4) is 0 Å². The molecule has 3 heterocycles. The molecule has 4 nitrogen and oxygen atoms in total. The zero-order valence-electron chi connectivity index (χ0n) is 12.7.